The lowest BCUT2D eigenvalue weighted by atomic mass is 10.3. The van der Waals surface area contributed by atoms with E-state index in [4.69, 9.17) is 0 Å². The molecule has 0 aliphatic carbocycles. The molecule has 0 saturated carbocycles. The van der Waals surface area contributed by atoms with Crippen LogP contribution in [0.4, 0.5) is 13.2 Å². The van der Waals surface area contributed by atoms with Crippen molar-refractivity contribution in [2.24, 2.45) is 7.05 Å². The fourth-order valence-electron chi connectivity index (χ4n) is 2.07. The minimum atomic E-state index is -4.71. The average Bonchev–Trinajstić information content (AvgIpc) is 3.08. The number of hydrogen-bond acceptors (Lipinski definition) is 6. The first-order valence-electron chi connectivity index (χ1n) is 7.77. The molecular weight excluding hydrogens is 419 g/mol. The summed E-state index contributed by atoms with van der Waals surface area (Å²) in [4.78, 5) is 33.8. The number of halogens is 3. The molecule has 1 aromatic carbocycles. The fraction of sp³-hybridized carbons (Fsp3) is 0.188. The predicted molar refractivity (Wildman–Crippen MR) is 90.3 cm³/mol. The number of nitrogens with one attached hydrogen (secondary N) is 2. The van der Waals surface area contributed by atoms with Crippen molar-refractivity contribution >= 4 is 27.8 Å². The molecule has 0 fully saturated rings. The smallest absolute Gasteiger partial charge is 0.321 e. The zero-order valence-electron chi connectivity index (χ0n) is 14.7. The van der Waals surface area contributed by atoms with Crippen LogP contribution in [0.2, 0.25) is 0 Å². The summed E-state index contributed by atoms with van der Waals surface area (Å²) in [7, 11) is -3.14. The molecule has 0 spiro atoms. The molecule has 0 aliphatic heterocycles. The highest BCUT2D eigenvalue weighted by Crippen LogP contribution is 2.19. The molecule has 2 aromatic rings. The van der Waals surface area contributed by atoms with Gasteiger partial charge in [-0.25, -0.2) is 21.6 Å². The van der Waals surface area contributed by atoms with Crippen molar-refractivity contribution in [2.75, 3.05) is 13.2 Å². The van der Waals surface area contributed by atoms with Crippen molar-refractivity contribution in [3.63, 3.8) is 0 Å². The van der Waals surface area contributed by atoms with Gasteiger partial charge in [-0.3, -0.25) is 19.7 Å². The maximum atomic E-state index is 13.6. The molecule has 0 aliphatic rings. The minimum Gasteiger partial charge on any atom is -0.455 e. The lowest BCUT2D eigenvalue weighted by Crippen LogP contribution is -2.37. The van der Waals surface area contributed by atoms with Gasteiger partial charge >= 0.3 is 5.97 Å². The number of benzene rings is 1. The number of aromatic nitrogens is 1. The average molecular weight is 433 g/mol. The molecule has 2 rings (SSSR count). The molecule has 0 unspecified atom stereocenters. The Balaban J connectivity index is 1.86. The number of esters is 1. The monoisotopic (exact) mass is 433 g/mol. The molecule has 0 atom stereocenters. The van der Waals surface area contributed by atoms with E-state index in [0.29, 0.717) is 12.1 Å². The third kappa shape index (κ3) is 5.42. The van der Waals surface area contributed by atoms with E-state index >= 15 is 0 Å². The maximum absolute atomic E-state index is 13.6. The van der Waals surface area contributed by atoms with Gasteiger partial charge in [0.05, 0.1) is 0 Å². The number of carbonyl (C=O) groups excluding carboxylic acids is 3. The van der Waals surface area contributed by atoms with Gasteiger partial charge in [-0.1, -0.05) is 0 Å². The van der Waals surface area contributed by atoms with Gasteiger partial charge in [0.15, 0.2) is 24.1 Å². The number of carbonyl (C=O) groups is 3. The van der Waals surface area contributed by atoms with Crippen LogP contribution in [-0.4, -0.2) is 43.9 Å². The molecule has 0 radical (unpaired) electrons. The van der Waals surface area contributed by atoms with Gasteiger partial charge in [-0.05, 0) is 24.3 Å². The molecule has 29 heavy (non-hydrogen) atoms. The Bertz CT molecular complexity index is 1070. The number of rotatable bonds is 7. The summed E-state index contributed by atoms with van der Waals surface area (Å²) in [6.07, 6.45) is 1.57. The lowest BCUT2D eigenvalue weighted by Gasteiger charge is -2.09. The van der Waals surface area contributed by atoms with Crippen LogP contribution >= 0.6 is 0 Å². The van der Waals surface area contributed by atoms with Crippen molar-refractivity contribution in [2.45, 2.75) is 4.90 Å². The largest absolute Gasteiger partial charge is 0.455 e. The zero-order valence-corrected chi connectivity index (χ0v) is 15.6. The first-order chi connectivity index (χ1) is 13.5. The van der Waals surface area contributed by atoms with Crippen molar-refractivity contribution in [1.29, 1.82) is 0 Å². The molecule has 0 bridgehead atoms. The van der Waals surface area contributed by atoms with Crippen LogP contribution in [0.1, 0.15) is 10.5 Å². The lowest BCUT2D eigenvalue weighted by molar-refractivity contribution is -0.147. The third-order valence-corrected chi connectivity index (χ3v) is 4.91. The molecule has 0 saturated heterocycles. The highest BCUT2D eigenvalue weighted by Gasteiger charge is 2.25. The van der Waals surface area contributed by atoms with Crippen LogP contribution in [0.5, 0.6) is 0 Å². The topological polar surface area (TPSA) is 124 Å². The summed E-state index contributed by atoms with van der Waals surface area (Å²) in [5.41, 5.74) is 0.172. The molecule has 2 N–H and O–H groups in total. The van der Waals surface area contributed by atoms with E-state index in [-0.39, 0.29) is 5.69 Å². The first kappa shape index (κ1) is 22.1. The number of ether oxygens (including phenoxy) is 1. The van der Waals surface area contributed by atoms with Gasteiger partial charge in [0.25, 0.3) is 11.8 Å². The van der Waals surface area contributed by atoms with Crippen LogP contribution < -0.4 is 10.0 Å². The Kier molecular flexibility index (Phi) is 6.76. The van der Waals surface area contributed by atoms with Crippen LogP contribution in [0.3, 0.4) is 0 Å². The molecule has 156 valence electrons. The quantitative estimate of drug-likeness (QED) is 0.476. The van der Waals surface area contributed by atoms with E-state index in [1.165, 1.54) is 10.6 Å². The van der Waals surface area contributed by atoms with Gasteiger partial charge in [-0.15, -0.1) is 0 Å². The molecule has 1 heterocycles. The van der Waals surface area contributed by atoms with E-state index in [9.17, 15) is 36.0 Å². The normalized spacial score (nSPS) is 11.2. The minimum absolute atomic E-state index is 0.172. The molecule has 13 heteroatoms. The number of hydrogen-bond donors (Lipinski definition) is 2. The molecular formula is C16H14F3N3O6S. The molecule has 9 nitrogen and oxygen atoms in total. The summed E-state index contributed by atoms with van der Waals surface area (Å²) in [6.45, 7) is -1.92. The number of aryl methyl sites for hydroxylation is 1. The van der Waals surface area contributed by atoms with Gasteiger partial charge < -0.3 is 9.30 Å². The third-order valence-electron chi connectivity index (χ3n) is 3.49. The van der Waals surface area contributed by atoms with Crippen molar-refractivity contribution in [3.05, 3.63) is 53.6 Å². The summed E-state index contributed by atoms with van der Waals surface area (Å²) in [5, 5.41) is 1.95. The predicted octanol–water partition coefficient (Wildman–Crippen LogP) is 0.220. The Morgan fingerprint density at radius 3 is 2.41 bits per heavy atom. The van der Waals surface area contributed by atoms with Crippen LogP contribution in [0, 0.1) is 17.5 Å². The number of sulfonamides is 1. The number of imide groups is 1. The number of nitrogens with zero attached hydrogens (tertiary/aromatic N) is 1. The van der Waals surface area contributed by atoms with E-state index in [2.05, 4.69) is 4.74 Å². The highest BCUT2D eigenvalue weighted by atomic mass is 32.2. The summed E-state index contributed by atoms with van der Waals surface area (Å²) in [5.74, 6) is -8.48. The van der Waals surface area contributed by atoms with Gasteiger partial charge in [-0.2, -0.15) is 4.72 Å². The summed E-state index contributed by atoms with van der Waals surface area (Å²) < 4.78 is 70.9. The second kappa shape index (κ2) is 8.87. The summed E-state index contributed by atoms with van der Waals surface area (Å²) in [6, 6.07) is 3.89. The van der Waals surface area contributed by atoms with Crippen molar-refractivity contribution in [3.8, 4) is 0 Å². The second-order valence-electron chi connectivity index (χ2n) is 5.54. The Morgan fingerprint density at radius 1 is 1.10 bits per heavy atom. The second-order valence-corrected chi connectivity index (χ2v) is 7.28. The van der Waals surface area contributed by atoms with Gasteiger partial charge in [0.2, 0.25) is 10.0 Å². The van der Waals surface area contributed by atoms with Gasteiger partial charge in [0, 0.05) is 13.2 Å². The van der Waals surface area contributed by atoms with Crippen molar-refractivity contribution < 1.29 is 40.7 Å². The Labute approximate surface area is 162 Å². The Hall–Kier alpha value is -3.19. The SMILES string of the molecule is Cn1cccc1C(=O)NC(=O)COC(=O)CNS(=O)(=O)c1ccc(F)c(F)c1F. The van der Waals surface area contributed by atoms with Gasteiger partial charge in [0.1, 0.15) is 17.1 Å². The highest BCUT2D eigenvalue weighted by molar-refractivity contribution is 7.89. The number of amides is 2. The van der Waals surface area contributed by atoms with Crippen LogP contribution in [0.15, 0.2) is 35.4 Å². The molecule has 1 aromatic heterocycles. The standard InChI is InChI=1S/C16H14F3N3O6S/c1-22-6-2-3-10(22)16(25)21-12(23)8-28-13(24)7-20-29(26,27)11-5-4-9(17)14(18)15(11)19/h2-6,20H,7-8H2,1H3,(H,21,23,25). The Morgan fingerprint density at radius 2 is 1.79 bits per heavy atom. The fourth-order valence-corrected chi connectivity index (χ4v) is 3.10. The van der Waals surface area contributed by atoms with E-state index in [0.717, 1.165) is 0 Å². The first-order valence-corrected chi connectivity index (χ1v) is 9.25. The van der Waals surface area contributed by atoms with E-state index in [1.54, 1.807) is 24.0 Å². The van der Waals surface area contributed by atoms with E-state index in [1.807, 2.05) is 5.32 Å². The van der Waals surface area contributed by atoms with Crippen molar-refractivity contribution in [1.82, 2.24) is 14.6 Å². The van der Waals surface area contributed by atoms with Crippen LogP contribution in [0.25, 0.3) is 0 Å². The maximum Gasteiger partial charge on any atom is 0.321 e. The molecule has 2 amide bonds. The van der Waals surface area contributed by atoms with Crippen LogP contribution in [-0.2, 0) is 31.4 Å². The van der Waals surface area contributed by atoms with E-state index < -0.39 is 63.3 Å². The zero-order chi connectivity index (χ0) is 21.8. The summed E-state index contributed by atoms with van der Waals surface area (Å²) >= 11 is 0.